The minimum absolute atomic E-state index is 0.155. The van der Waals surface area contributed by atoms with E-state index in [0.717, 1.165) is 0 Å². The molecule has 22 heavy (non-hydrogen) atoms. The predicted molar refractivity (Wildman–Crippen MR) is 83.9 cm³/mol. The highest BCUT2D eigenvalue weighted by Crippen LogP contribution is 2.38. The highest BCUT2D eigenvalue weighted by molar-refractivity contribution is 6.30. The largest absolute Gasteiger partial charge is 0.302 e. The van der Waals surface area contributed by atoms with Crippen molar-refractivity contribution in [1.29, 1.82) is 10.5 Å². The number of nitriles is 2. The number of likely N-dealkylation sites (tertiary alicyclic amines) is 1. The summed E-state index contributed by atoms with van der Waals surface area (Å²) in [4.78, 5) is 2.12. The molecule has 1 aromatic carbocycles. The summed E-state index contributed by atoms with van der Waals surface area (Å²) in [7, 11) is 0. The maximum Gasteiger partial charge on any atom is 0.138 e. The Labute approximate surface area is 135 Å². The topological polar surface area (TPSA) is 50.8 Å². The van der Waals surface area contributed by atoms with Crippen LogP contribution in [-0.4, -0.2) is 24.5 Å². The number of nitrogens with zero attached hydrogens (tertiary/aromatic N) is 3. The van der Waals surface area contributed by atoms with Crippen LogP contribution >= 0.6 is 11.6 Å². The van der Waals surface area contributed by atoms with Crippen molar-refractivity contribution in [1.82, 2.24) is 4.90 Å². The van der Waals surface area contributed by atoms with Crippen molar-refractivity contribution in [2.75, 3.05) is 19.6 Å². The van der Waals surface area contributed by atoms with Gasteiger partial charge in [-0.3, -0.25) is 0 Å². The van der Waals surface area contributed by atoms with E-state index in [0.29, 0.717) is 55.9 Å². The van der Waals surface area contributed by atoms with Crippen LogP contribution in [0, 0.1) is 28.6 Å². The summed E-state index contributed by atoms with van der Waals surface area (Å²) < 4.78 is 15.1. The van der Waals surface area contributed by atoms with Gasteiger partial charge in [0.2, 0.25) is 0 Å². The van der Waals surface area contributed by atoms with Gasteiger partial charge in [0.1, 0.15) is 5.67 Å². The van der Waals surface area contributed by atoms with Crippen LogP contribution < -0.4 is 0 Å². The number of piperidine rings is 1. The van der Waals surface area contributed by atoms with Gasteiger partial charge in [-0.1, -0.05) is 23.7 Å². The van der Waals surface area contributed by atoms with E-state index in [-0.39, 0.29) is 5.92 Å². The first kappa shape index (κ1) is 16.7. The molecule has 0 aromatic heterocycles. The SMILES string of the molecule is N#CCC[C@@H](C#N)CN1CCC(F)(c2cccc(Cl)c2)CC1. The number of benzene rings is 1. The van der Waals surface area contributed by atoms with Crippen LogP contribution in [0.25, 0.3) is 0 Å². The number of hydrogen-bond donors (Lipinski definition) is 0. The summed E-state index contributed by atoms with van der Waals surface area (Å²) in [5.74, 6) is -0.155. The van der Waals surface area contributed by atoms with Gasteiger partial charge in [0.25, 0.3) is 0 Å². The normalized spacial score (nSPS) is 19.1. The van der Waals surface area contributed by atoms with Gasteiger partial charge >= 0.3 is 0 Å². The van der Waals surface area contributed by atoms with E-state index in [4.69, 9.17) is 22.1 Å². The molecule has 1 fully saturated rings. The predicted octanol–water partition coefficient (Wildman–Crippen LogP) is 4.04. The van der Waals surface area contributed by atoms with E-state index in [1.807, 2.05) is 0 Å². The maximum atomic E-state index is 15.1. The van der Waals surface area contributed by atoms with E-state index in [1.54, 1.807) is 24.3 Å². The lowest BCUT2D eigenvalue weighted by molar-refractivity contribution is 0.0517. The van der Waals surface area contributed by atoms with Crippen LogP contribution in [0.5, 0.6) is 0 Å². The van der Waals surface area contributed by atoms with Gasteiger partial charge in [-0.2, -0.15) is 10.5 Å². The molecule has 2 rings (SSSR count). The maximum absolute atomic E-state index is 15.1. The van der Waals surface area contributed by atoms with Gasteiger partial charge < -0.3 is 4.90 Å². The third kappa shape index (κ3) is 4.19. The Hall–Kier alpha value is -1.62. The molecule has 1 saturated heterocycles. The average molecular weight is 320 g/mol. The molecule has 3 nitrogen and oxygen atoms in total. The molecule has 5 heteroatoms. The quantitative estimate of drug-likeness (QED) is 0.822. The smallest absolute Gasteiger partial charge is 0.138 e. The number of rotatable bonds is 5. The van der Waals surface area contributed by atoms with Crippen molar-refractivity contribution in [3.05, 3.63) is 34.9 Å². The fourth-order valence-corrected chi connectivity index (χ4v) is 3.08. The molecule has 1 aliphatic heterocycles. The molecule has 0 aliphatic carbocycles. The lowest BCUT2D eigenvalue weighted by Gasteiger charge is -2.37. The molecule has 1 atom stereocenters. The van der Waals surface area contributed by atoms with E-state index < -0.39 is 5.67 Å². The van der Waals surface area contributed by atoms with Crippen LogP contribution in [0.2, 0.25) is 5.02 Å². The first-order chi connectivity index (χ1) is 10.6. The molecule has 1 aromatic rings. The van der Waals surface area contributed by atoms with Gasteiger partial charge in [-0.05, 0) is 37.0 Å². The minimum Gasteiger partial charge on any atom is -0.302 e. The Balaban J connectivity index is 1.92. The van der Waals surface area contributed by atoms with Crippen molar-refractivity contribution < 1.29 is 4.39 Å². The van der Waals surface area contributed by atoms with Crippen molar-refractivity contribution in [2.24, 2.45) is 5.92 Å². The molecular weight excluding hydrogens is 301 g/mol. The monoisotopic (exact) mass is 319 g/mol. The zero-order chi connectivity index (χ0) is 16.0. The van der Waals surface area contributed by atoms with E-state index in [1.165, 1.54) is 0 Å². The van der Waals surface area contributed by atoms with Gasteiger partial charge in [0.15, 0.2) is 0 Å². The fraction of sp³-hybridized carbons (Fsp3) is 0.529. The molecule has 0 saturated carbocycles. The van der Waals surface area contributed by atoms with Gasteiger partial charge in [-0.15, -0.1) is 0 Å². The van der Waals surface area contributed by atoms with Gasteiger partial charge in [0.05, 0.1) is 18.1 Å². The van der Waals surface area contributed by atoms with Gasteiger partial charge in [-0.25, -0.2) is 4.39 Å². The van der Waals surface area contributed by atoms with Crippen LogP contribution in [0.3, 0.4) is 0 Å². The molecule has 1 heterocycles. The van der Waals surface area contributed by atoms with Crippen molar-refractivity contribution in [3.63, 3.8) is 0 Å². The van der Waals surface area contributed by atoms with E-state index in [9.17, 15) is 0 Å². The van der Waals surface area contributed by atoms with Crippen molar-refractivity contribution >= 4 is 11.6 Å². The summed E-state index contributed by atoms with van der Waals surface area (Å²) in [5, 5.41) is 18.3. The van der Waals surface area contributed by atoms with Crippen LogP contribution in [0.15, 0.2) is 24.3 Å². The molecule has 0 unspecified atom stereocenters. The van der Waals surface area contributed by atoms with Crippen LogP contribution in [-0.2, 0) is 5.67 Å². The zero-order valence-corrected chi connectivity index (χ0v) is 13.2. The first-order valence-corrected chi connectivity index (χ1v) is 7.89. The molecule has 0 bridgehead atoms. The Kier molecular flexibility index (Phi) is 5.77. The molecule has 0 N–H and O–H groups in total. The summed E-state index contributed by atoms with van der Waals surface area (Å²) in [6.07, 6.45) is 1.79. The second-order valence-electron chi connectivity index (χ2n) is 5.80. The molecule has 0 spiro atoms. The lowest BCUT2D eigenvalue weighted by Crippen LogP contribution is -2.42. The van der Waals surface area contributed by atoms with Crippen molar-refractivity contribution in [2.45, 2.75) is 31.4 Å². The summed E-state index contributed by atoms with van der Waals surface area (Å²) in [6, 6.07) is 11.3. The molecule has 0 amide bonds. The van der Waals surface area contributed by atoms with E-state index >= 15 is 4.39 Å². The number of alkyl halides is 1. The number of halogens is 2. The third-order valence-corrected chi connectivity index (χ3v) is 4.49. The highest BCUT2D eigenvalue weighted by atomic mass is 35.5. The Morgan fingerprint density at radius 2 is 2.05 bits per heavy atom. The standard InChI is InChI=1S/C17H19ClFN3/c18-16-5-1-4-15(11-16)17(19)6-9-22(10-7-17)13-14(12-21)3-2-8-20/h1,4-5,11,14H,2-3,6-7,9-10,13H2/t14-/m0/s1. The highest BCUT2D eigenvalue weighted by Gasteiger charge is 2.36. The number of hydrogen-bond acceptors (Lipinski definition) is 3. The van der Waals surface area contributed by atoms with Crippen molar-refractivity contribution in [3.8, 4) is 12.1 Å². The average Bonchev–Trinajstić information content (AvgIpc) is 2.53. The third-order valence-electron chi connectivity index (χ3n) is 4.26. The second kappa shape index (κ2) is 7.58. The Morgan fingerprint density at radius 3 is 2.64 bits per heavy atom. The second-order valence-corrected chi connectivity index (χ2v) is 6.24. The molecule has 0 radical (unpaired) electrons. The van der Waals surface area contributed by atoms with Gasteiger partial charge in [0, 0.05) is 31.1 Å². The molecule has 1 aliphatic rings. The first-order valence-electron chi connectivity index (χ1n) is 7.51. The summed E-state index contributed by atoms with van der Waals surface area (Å²) in [6.45, 7) is 1.85. The summed E-state index contributed by atoms with van der Waals surface area (Å²) in [5.41, 5.74) is -0.697. The Morgan fingerprint density at radius 1 is 1.32 bits per heavy atom. The minimum atomic E-state index is -1.34. The van der Waals surface area contributed by atoms with E-state index in [2.05, 4.69) is 17.0 Å². The van der Waals surface area contributed by atoms with Crippen LogP contribution in [0.4, 0.5) is 4.39 Å². The zero-order valence-electron chi connectivity index (χ0n) is 12.4. The molecule has 116 valence electrons. The Bertz CT molecular complexity index is 582. The fourth-order valence-electron chi connectivity index (χ4n) is 2.89. The lowest BCUT2D eigenvalue weighted by atomic mass is 9.86. The molecular formula is C17H19ClFN3. The van der Waals surface area contributed by atoms with Crippen LogP contribution in [0.1, 0.15) is 31.2 Å². The summed E-state index contributed by atoms with van der Waals surface area (Å²) >= 11 is 5.95.